The van der Waals surface area contributed by atoms with Crippen LogP contribution in [-0.4, -0.2) is 41.7 Å². The molecule has 1 amide bonds. The van der Waals surface area contributed by atoms with Gasteiger partial charge < -0.3 is 14.2 Å². The van der Waals surface area contributed by atoms with Crippen molar-refractivity contribution in [1.29, 1.82) is 0 Å². The number of para-hydroxylation sites is 1. The summed E-state index contributed by atoms with van der Waals surface area (Å²) in [6, 6.07) is 9.11. The molecule has 2 aromatic rings. The summed E-state index contributed by atoms with van der Waals surface area (Å²) < 4.78 is 17.8. The normalized spacial score (nSPS) is 15.2. The Balaban J connectivity index is 1.97. The van der Waals surface area contributed by atoms with Crippen LogP contribution in [0, 0.1) is 13.8 Å². The van der Waals surface area contributed by atoms with E-state index < -0.39 is 5.97 Å². The standard InChI is InChI=1S/C20H20N2O5S2/c1-12-8-9-13(2)21(12)22-19(24)16(29-20(22)28)10-14-6-5-7-15(25-3)18(14)27-11-17(23)26-4/h5-10H,11H2,1-4H3/b16-10+. The molecule has 7 nitrogen and oxygen atoms in total. The second kappa shape index (κ2) is 8.71. The Morgan fingerprint density at radius 2 is 1.86 bits per heavy atom. The highest BCUT2D eigenvalue weighted by Gasteiger charge is 2.35. The van der Waals surface area contributed by atoms with Crippen molar-refractivity contribution in [2.45, 2.75) is 13.8 Å². The molecule has 3 rings (SSSR count). The first-order chi connectivity index (χ1) is 13.9. The molecule has 29 heavy (non-hydrogen) atoms. The van der Waals surface area contributed by atoms with Gasteiger partial charge in [-0.2, -0.15) is 5.01 Å². The van der Waals surface area contributed by atoms with Crippen LogP contribution in [0.3, 0.4) is 0 Å². The van der Waals surface area contributed by atoms with Crippen LogP contribution in [0.4, 0.5) is 0 Å². The Kier molecular flexibility index (Phi) is 6.29. The van der Waals surface area contributed by atoms with E-state index in [0.717, 1.165) is 11.4 Å². The number of hydrogen-bond donors (Lipinski definition) is 0. The van der Waals surface area contributed by atoms with Gasteiger partial charge >= 0.3 is 5.97 Å². The molecule has 0 N–H and O–H groups in total. The van der Waals surface area contributed by atoms with Crippen LogP contribution in [0.25, 0.3) is 6.08 Å². The van der Waals surface area contributed by atoms with E-state index in [1.165, 1.54) is 31.0 Å². The number of thiocarbonyl (C=S) groups is 1. The lowest BCUT2D eigenvalue weighted by molar-refractivity contribution is -0.142. The van der Waals surface area contributed by atoms with E-state index in [4.69, 9.17) is 21.7 Å². The minimum atomic E-state index is -0.522. The van der Waals surface area contributed by atoms with Gasteiger partial charge in [0.25, 0.3) is 5.91 Å². The molecular weight excluding hydrogens is 412 g/mol. The summed E-state index contributed by atoms with van der Waals surface area (Å²) >= 11 is 6.65. The number of ether oxygens (including phenoxy) is 3. The van der Waals surface area contributed by atoms with E-state index in [0.29, 0.717) is 26.3 Å². The summed E-state index contributed by atoms with van der Waals surface area (Å²) in [6.07, 6.45) is 1.68. The summed E-state index contributed by atoms with van der Waals surface area (Å²) in [5.74, 6) is 0.0325. The summed E-state index contributed by atoms with van der Waals surface area (Å²) in [7, 11) is 2.78. The highest BCUT2D eigenvalue weighted by atomic mass is 32.2. The maximum absolute atomic E-state index is 13.1. The summed E-state index contributed by atoms with van der Waals surface area (Å²) in [5.41, 5.74) is 2.40. The van der Waals surface area contributed by atoms with Gasteiger partial charge in [-0.3, -0.25) is 9.47 Å². The number of aryl methyl sites for hydroxylation is 2. The average molecular weight is 433 g/mol. The number of aromatic nitrogens is 1. The van der Waals surface area contributed by atoms with Crippen LogP contribution in [0.5, 0.6) is 11.5 Å². The number of rotatable bonds is 6. The molecule has 2 heterocycles. The molecule has 1 fully saturated rings. The highest BCUT2D eigenvalue weighted by Crippen LogP contribution is 2.37. The first kappa shape index (κ1) is 20.9. The maximum atomic E-state index is 13.1. The van der Waals surface area contributed by atoms with Crippen molar-refractivity contribution in [2.75, 3.05) is 25.8 Å². The molecule has 0 saturated carbocycles. The van der Waals surface area contributed by atoms with Crippen LogP contribution in [0.15, 0.2) is 35.2 Å². The third kappa shape index (κ3) is 4.15. The molecule has 1 aliphatic heterocycles. The average Bonchev–Trinajstić information content (AvgIpc) is 3.17. The summed E-state index contributed by atoms with van der Waals surface area (Å²) in [4.78, 5) is 25.0. The van der Waals surface area contributed by atoms with Gasteiger partial charge in [-0.25, -0.2) is 4.79 Å². The van der Waals surface area contributed by atoms with Gasteiger partial charge in [0.2, 0.25) is 0 Å². The van der Waals surface area contributed by atoms with Gasteiger partial charge in [0.15, 0.2) is 22.4 Å². The Labute approximate surface area is 178 Å². The largest absolute Gasteiger partial charge is 0.493 e. The van der Waals surface area contributed by atoms with Crippen LogP contribution < -0.4 is 14.5 Å². The Morgan fingerprint density at radius 1 is 1.17 bits per heavy atom. The lowest BCUT2D eigenvalue weighted by atomic mass is 10.1. The Bertz CT molecular complexity index is 993. The lowest BCUT2D eigenvalue weighted by Gasteiger charge is -2.20. The highest BCUT2D eigenvalue weighted by molar-refractivity contribution is 8.27. The number of benzene rings is 1. The predicted octanol–water partition coefficient (Wildman–Crippen LogP) is 3.20. The second-order valence-electron chi connectivity index (χ2n) is 6.16. The fourth-order valence-electron chi connectivity index (χ4n) is 2.90. The molecule has 1 aliphatic rings. The first-order valence-corrected chi connectivity index (χ1v) is 9.89. The third-order valence-corrected chi connectivity index (χ3v) is 5.57. The molecule has 0 aliphatic carbocycles. The SMILES string of the molecule is COC(=O)COc1c(/C=C2/SC(=S)N(n3c(C)ccc3C)C2=O)cccc1OC. The van der Waals surface area contributed by atoms with Crippen molar-refractivity contribution < 1.29 is 23.8 Å². The van der Waals surface area contributed by atoms with Crippen molar-refractivity contribution in [3.63, 3.8) is 0 Å². The van der Waals surface area contributed by atoms with E-state index in [-0.39, 0.29) is 12.5 Å². The molecular formula is C20H20N2O5S2. The van der Waals surface area contributed by atoms with Crippen LogP contribution >= 0.6 is 24.0 Å². The number of amides is 1. The monoisotopic (exact) mass is 432 g/mol. The summed E-state index contributed by atoms with van der Waals surface area (Å²) in [6.45, 7) is 3.55. The van der Waals surface area contributed by atoms with Crippen molar-refractivity contribution in [2.24, 2.45) is 0 Å². The summed E-state index contributed by atoms with van der Waals surface area (Å²) in [5, 5.41) is 1.48. The molecule has 1 aromatic carbocycles. The Hall–Kier alpha value is -2.78. The minimum Gasteiger partial charge on any atom is -0.493 e. The van der Waals surface area contributed by atoms with Gasteiger partial charge in [-0.15, -0.1) is 0 Å². The van der Waals surface area contributed by atoms with Crippen molar-refractivity contribution >= 4 is 46.3 Å². The second-order valence-corrected chi connectivity index (χ2v) is 7.84. The third-order valence-electron chi connectivity index (χ3n) is 4.29. The number of carbonyl (C=O) groups is 2. The van der Waals surface area contributed by atoms with Gasteiger partial charge in [-0.05, 0) is 50.3 Å². The maximum Gasteiger partial charge on any atom is 0.343 e. The van der Waals surface area contributed by atoms with E-state index in [2.05, 4.69) is 4.74 Å². The van der Waals surface area contributed by atoms with E-state index >= 15 is 0 Å². The topological polar surface area (TPSA) is 70.0 Å². The van der Waals surface area contributed by atoms with E-state index in [1.807, 2.05) is 26.0 Å². The Morgan fingerprint density at radius 3 is 2.48 bits per heavy atom. The van der Waals surface area contributed by atoms with Gasteiger partial charge in [0.1, 0.15) is 0 Å². The molecule has 1 saturated heterocycles. The number of carbonyl (C=O) groups excluding carboxylic acids is 2. The van der Waals surface area contributed by atoms with E-state index in [9.17, 15) is 9.59 Å². The molecule has 0 radical (unpaired) electrons. The predicted molar refractivity (Wildman–Crippen MR) is 116 cm³/mol. The van der Waals surface area contributed by atoms with Gasteiger partial charge in [-0.1, -0.05) is 23.9 Å². The van der Waals surface area contributed by atoms with Crippen LogP contribution in [-0.2, 0) is 14.3 Å². The fraction of sp³-hybridized carbons (Fsp3) is 0.250. The molecule has 0 bridgehead atoms. The number of esters is 1. The number of methoxy groups -OCH3 is 2. The minimum absolute atomic E-state index is 0.232. The van der Waals surface area contributed by atoms with Gasteiger partial charge in [0.05, 0.1) is 19.1 Å². The van der Waals surface area contributed by atoms with E-state index in [1.54, 1.807) is 29.0 Å². The van der Waals surface area contributed by atoms with Gasteiger partial charge in [0, 0.05) is 17.0 Å². The molecule has 152 valence electrons. The number of nitrogens with zero attached hydrogens (tertiary/aromatic N) is 2. The van der Waals surface area contributed by atoms with Crippen LogP contribution in [0.1, 0.15) is 17.0 Å². The zero-order valence-corrected chi connectivity index (χ0v) is 18.1. The zero-order valence-electron chi connectivity index (χ0n) is 16.4. The van der Waals surface area contributed by atoms with Crippen LogP contribution in [0.2, 0.25) is 0 Å². The lowest BCUT2D eigenvalue weighted by Crippen LogP contribution is -2.39. The zero-order chi connectivity index (χ0) is 21.1. The number of hydrogen-bond acceptors (Lipinski definition) is 7. The molecule has 0 unspecified atom stereocenters. The quantitative estimate of drug-likeness (QED) is 0.394. The molecule has 1 aromatic heterocycles. The smallest absolute Gasteiger partial charge is 0.343 e. The molecule has 9 heteroatoms. The van der Waals surface area contributed by atoms with Crippen molar-refractivity contribution in [3.8, 4) is 11.5 Å². The fourth-order valence-corrected chi connectivity index (χ4v) is 4.13. The number of thioether (sulfide) groups is 1. The molecule has 0 atom stereocenters. The first-order valence-electron chi connectivity index (χ1n) is 8.67. The van der Waals surface area contributed by atoms with Crippen molar-refractivity contribution in [1.82, 2.24) is 4.68 Å². The van der Waals surface area contributed by atoms with Crippen molar-refractivity contribution in [3.05, 3.63) is 52.2 Å². The molecule has 0 spiro atoms.